The van der Waals surface area contributed by atoms with Crippen LogP contribution in [0.3, 0.4) is 0 Å². The molecule has 0 radical (unpaired) electrons. The predicted molar refractivity (Wildman–Crippen MR) is 144 cm³/mol. The molecule has 2 atom stereocenters. The number of fused-ring (bicyclic) bond motifs is 1. The van der Waals surface area contributed by atoms with Crippen LogP contribution in [0.2, 0.25) is 5.02 Å². The lowest BCUT2D eigenvalue weighted by molar-refractivity contribution is -0.145. The summed E-state index contributed by atoms with van der Waals surface area (Å²) >= 11 is 6.44. The van der Waals surface area contributed by atoms with Gasteiger partial charge in [-0.2, -0.15) is 13.2 Å². The van der Waals surface area contributed by atoms with Crippen LogP contribution < -0.4 is 16.0 Å². The van der Waals surface area contributed by atoms with E-state index in [1.165, 1.54) is 0 Å². The van der Waals surface area contributed by atoms with Crippen LogP contribution in [-0.2, 0) is 6.18 Å². The van der Waals surface area contributed by atoms with E-state index >= 15 is 0 Å². The van der Waals surface area contributed by atoms with Crippen molar-refractivity contribution in [2.75, 3.05) is 37.6 Å². The Morgan fingerprint density at radius 2 is 1.83 bits per heavy atom. The van der Waals surface area contributed by atoms with Gasteiger partial charge in [-0.1, -0.05) is 11.6 Å². The van der Waals surface area contributed by atoms with Gasteiger partial charge in [0.25, 0.3) is 11.8 Å². The number of alkyl halides is 5. The third-order valence-corrected chi connectivity index (χ3v) is 7.87. The van der Waals surface area contributed by atoms with Crippen molar-refractivity contribution in [3.63, 3.8) is 0 Å². The minimum atomic E-state index is -4.73. The van der Waals surface area contributed by atoms with Crippen molar-refractivity contribution in [2.24, 2.45) is 5.73 Å². The molecule has 1 amide bonds. The Morgan fingerprint density at radius 1 is 1.12 bits per heavy atom. The number of anilines is 1. The summed E-state index contributed by atoms with van der Waals surface area (Å²) in [7, 11) is 0. The zero-order valence-corrected chi connectivity index (χ0v) is 22.7. The molecule has 2 aromatic heterocycles. The van der Waals surface area contributed by atoms with E-state index in [1.807, 2.05) is 6.07 Å². The maximum atomic E-state index is 13.8. The number of aromatic nitrogens is 3. The smallest absolute Gasteiger partial charge is 0.355 e. The molecule has 8 nitrogen and oxygen atoms in total. The van der Waals surface area contributed by atoms with Gasteiger partial charge in [0.2, 0.25) is 5.82 Å². The molecule has 3 N–H and O–H groups in total. The molecule has 0 saturated carbocycles. The third kappa shape index (κ3) is 6.68. The molecule has 2 aliphatic heterocycles. The Kier molecular flexibility index (Phi) is 8.31. The first-order chi connectivity index (χ1) is 19.4. The van der Waals surface area contributed by atoms with Gasteiger partial charge in [0.05, 0.1) is 22.1 Å². The van der Waals surface area contributed by atoms with Crippen LogP contribution in [0.1, 0.15) is 53.5 Å². The Bertz CT molecular complexity index is 1400. The first-order valence-corrected chi connectivity index (χ1v) is 13.7. The molecule has 0 aliphatic carbocycles. The van der Waals surface area contributed by atoms with Gasteiger partial charge in [0, 0.05) is 75.0 Å². The molecule has 2 saturated heterocycles. The Balaban J connectivity index is 1.38. The Hall–Kier alpha value is -3.16. The lowest BCUT2D eigenvalue weighted by Gasteiger charge is -2.37. The van der Waals surface area contributed by atoms with E-state index in [2.05, 4.69) is 20.2 Å². The molecule has 0 bridgehead atoms. The number of nitrogens with zero attached hydrogens (tertiary/aromatic N) is 5. The van der Waals surface area contributed by atoms with E-state index in [9.17, 15) is 26.7 Å². The minimum absolute atomic E-state index is 0.0174. The van der Waals surface area contributed by atoms with E-state index in [0.29, 0.717) is 17.4 Å². The molecule has 0 spiro atoms. The largest absolute Gasteiger partial charge is 0.451 e. The topological polar surface area (TPSA) is 100 Å². The number of carbonyl (C=O) groups excluding carboxylic acids is 1. The molecule has 220 valence electrons. The van der Waals surface area contributed by atoms with Crippen molar-refractivity contribution in [3.8, 4) is 0 Å². The SMILES string of the molecule is N[C@H]1CCCN(c2ccc3c(C(=O)NCC(c4cnc(C(F)(F)F)nc4)N4CCC(F)(F)CC4)c(Cl)ccc3n2)C1. The summed E-state index contributed by atoms with van der Waals surface area (Å²) in [6, 6.07) is 6.20. The van der Waals surface area contributed by atoms with Crippen molar-refractivity contribution in [3.05, 3.63) is 58.6 Å². The van der Waals surface area contributed by atoms with Crippen LogP contribution in [0.15, 0.2) is 36.7 Å². The van der Waals surface area contributed by atoms with Crippen molar-refractivity contribution in [1.29, 1.82) is 0 Å². The van der Waals surface area contributed by atoms with Gasteiger partial charge in [-0.05, 0) is 37.1 Å². The van der Waals surface area contributed by atoms with E-state index < -0.39 is 42.7 Å². The lowest BCUT2D eigenvalue weighted by Crippen LogP contribution is -2.45. The Labute approximate surface area is 238 Å². The standard InChI is InChI=1S/C27H29ClF5N7O/c28-19-4-5-20-18(3-6-22(38-20)40-9-1-2-17(34)15-40)23(19)24(41)35-14-21(39-10-7-26(29,30)8-11-39)16-12-36-25(37-13-16)27(31,32)33/h3-6,12-13,17,21H,1-2,7-11,14-15,34H2,(H,35,41)/t17-,21?/m0/s1. The number of halogens is 6. The summed E-state index contributed by atoms with van der Waals surface area (Å²) in [5.41, 5.74) is 7.12. The molecule has 14 heteroatoms. The third-order valence-electron chi connectivity index (χ3n) is 7.55. The molecule has 1 unspecified atom stereocenters. The highest BCUT2D eigenvalue weighted by Gasteiger charge is 2.38. The summed E-state index contributed by atoms with van der Waals surface area (Å²) in [4.78, 5) is 28.8. The summed E-state index contributed by atoms with van der Waals surface area (Å²) < 4.78 is 66.7. The van der Waals surface area contributed by atoms with E-state index in [1.54, 1.807) is 23.1 Å². The average Bonchev–Trinajstić information content (AvgIpc) is 2.93. The number of amides is 1. The minimum Gasteiger partial charge on any atom is -0.355 e. The quantitative estimate of drug-likeness (QED) is 0.393. The second-order valence-corrected chi connectivity index (χ2v) is 10.9. The molecular formula is C27H29ClF5N7O. The summed E-state index contributed by atoms with van der Waals surface area (Å²) in [6.45, 7) is 1.37. The van der Waals surface area contributed by atoms with Crippen LogP contribution in [-0.4, -0.2) is 70.4 Å². The first kappa shape index (κ1) is 29.3. The molecule has 2 aliphatic rings. The molecule has 5 rings (SSSR count). The molecule has 4 heterocycles. The maximum absolute atomic E-state index is 13.8. The number of rotatable bonds is 6. The van der Waals surface area contributed by atoms with Gasteiger partial charge in [-0.3, -0.25) is 9.69 Å². The van der Waals surface area contributed by atoms with Crippen LogP contribution in [0.25, 0.3) is 10.9 Å². The highest BCUT2D eigenvalue weighted by atomic mass is 35.5. The fraction of sp³-hybridized carbons (Fsp3) is 0.481. The summed E-state index contributed by atoms with van der Waals surface area (Å²) in [5, 5.41) is 3.50. The number of hydrogen-bond acceptors (Lipinski definition) is 7. The maximum Gasteiger partial charge on any atom is 0.451 e. The number of carbonyl (C=O) groups is 1. The number of nitrogens with two attached hydrogens (primary N) is 1. The van der Waals surface area contributed by atoms with Gasteiger partial charge < -0.3 is 16.0 Å². The van der Waals surface area contributed by atoms with Crippen molar-refractivity contribution in [1.82, 2.24) is 25.2 Å². The van der Waals surface area contributed by atoms with Crippen LogP contribution >= 0.6 is 11.6 Å². The second kappa shape index (κ2) is 11.6. The van der Waals surface area contributed by atoms with Gasteiger partial charge in [0.1, 0.15) is 5.82 Å². The summed E-state index contributed by atoms with van der Waals surface area (Å²) in [5.74, 6) is -3.93. The van der Waals surface area contributed by atoms with Crippen LogP contribution in [0.5, 0.6) is 0 Å². The number of likely N-dealkylation sites (tertiary alicyclic amines) is 1. The molecular weight excluding hydrogens is 569 g/mol. The molecule has 41 heavy (non-hydrogen) atoms. The fourth-order valence-electron chi connectivity index (χ4n) is 5.35. The normalized spacial score (nSPS) is 20.7. The highest BCUT2D eigenvalue weighted by Crippen LogP contribution is 2.33. The zero-order chi connectivity index (χ0) is 29.4. The molecule has 3 aromatic rings. The number of pyridine rings is 1. The van der Waals surface area contributed by atoms with Gasteiger partial charge in [-0.25, -0.2) is 23.7 Å². The molecule has 1 aromatic carbocycles. The van der Waals surface area contributed by atoms with Gasteiger partial charge >= 0.3 is 6.18 Å². The van der Waals surface area contributed by atoms with Crippen molar-refractivity contribution >= 4 is 34.2 Å². The zero-order valence-electron chi connectivity index (χ0n) is 22.0. The Morgan fingerprint density at radius 3 is 2.49 bits per heavy atom. The van der Waals surface area contributed by atoms with E-state index in [4.69, 9.17) is 22.3 Å². The van der Waals surface area contributed by atoms with E-state index in [0.717, 1.165) is 37.6 Å². The fourth-order valence-corrected chi connectivity index (χ4v) is 5.60. The highest BCUT2D eigenvalue weighted by molar-refractivity contribution is 6.35. The van der Waals surface area contributed by atoms with Gasteiger partial charge in [-0.15, -0.1) is 0 Å². The average molecular weight is 598 g/mol. The van der Waals surface area contributed by atoms with Crippen molar-refractivity contribution < 1.29 is 26.7 Å². The second-order valence-electron chi connectivity index (χ2n) is 10.5. The number of benzene rings is 1. The van der Waals surface area contributed by atoms with Gasteiger partial charge in [0.15, 0.2) is 0 Å². The van der Waals surface area contributed by atoms with Crippen molar-refractivity contribution in [2.45, 2.75) is 49.9 Å². The number of hydrogen-bond donors (Lipinski definition) is 2. The lowest BCUT2D eigenvalue weighted by atomic mass is 10.0. The summed E-state index contributed by atoms with van der Waals surface area (Å²) in [6.07, 6.45) is -1.62. The number of nitrogens with one attached hydrogen (secondary N) is 1. The monoisotopic (exact) mass is 597 g/mol. The molecule has 2 fully saturated rings. The number of piperidine rings is 2. The predicted octanol–water partition coefficient (Wildman–Crippen LogP) is 4.83. The first-order valence-electron chi connectivity index (χ1n) is 13.3. The van der Waals surface area contributed by atoms with Crippen LogP contribution in [0, 0.1) is 0 Å². The van der Waals surface area contributed by atoms with Crippen LogP contribution in [0.4, 0.5) is 27.8 Å². The van der Waals surface area contributed by atoms with E-state index in [-0.39, 0.29) is 41.8 Å².